The molecule has 0 aliphatic heterocycles. The summed E-state index contributed by atoms with van der Waals surface area (Å²) in [5.41, 5.74) is 0. The van der Waals surface area contributed by atoms with Crippen LogP contribution >= 0.6 is 64.9 Å². The van der Waals surface area contributed by atoms with Crippen molar-refractivity contribution in [3.8, 4) is 0 Å². The molecule has 0 unspecified atom stereocenters. The Kier molecular flexibility index (Phi) is 25.1. The zero-order valence-electron chi connectivity index (χ0n) is 5.67. The molecule has 4 heteroatoms. The molecule has 0 fully saturated rings. The van der Waals surface area contributed by atoms with Gasteiger partial charge < -0.3 is 4.48 Å². The molecule has 0 N–H and O–H groups in total. The van der Waals surface area contributed by atoms with Gasteiger partial charge >= 0.3 is 0 Å². The topological polar surface area (TPSA) is 0 Å². The molecular formula is C4H15BrI2N+. The van der Waals surface area contributed by atoms with E-state index < -0.39 is 0 Å². The molecule has 0 radical (unpaired) electrons. The molecule has 1 nitrogen and oxygen atoms in total. The summed E-state index contributed by atoms with van der Waals surface area (Å²) in [6.07, 6.45) is 0. The molecule has 0 aliphatic rings. The Morgan fingerprint density at radius 2 is 0.750 bits per heavy atom. The van der Waals surface area contributed by atoms with Crippen LogP contribution in [0.3, 0.4) is 0 Å². The van der Waals surface area contributed by atoms with Gasteiger partial charge in [0, 0.05) is 0 Å². The number of rotatable bonds is 0. The number of nitrogens with zero attached hydrogens (tertiary/aromatic N) is 1. The number of halogens is 3. The second kappa shape index (κ2) is 8.90. The Balaban J connectivity index is -0.0000000267. The van der Waals surface area contributed by atoms with E-state index in [4.69, 9.17) is 0 Å². The minimum atomic E-state index is 0. The molecule has 0 bridgehead atoms. The monoisotopic (exact) mass is 410 g/mol. The number of quaternary nitrogens is 1. The average Bonchev–Trinajstić information content (AvgIpc) is 0.722. The molecule has 0 rings (SSSR count). The smallest absolute Gasteiger partial charge is 0.0675 e. The van der Waals surface area contributed by atoms with Gasteiger partial charge in [0.2, 0.25) is 0 Å². The second-order valence-corrected chi connectivity index (χ2v) is 2.68. The standard InChI is InChI=1S/C4H12N.BrH.2HI/c1-5(2,3)4;;;/h1-4H3;3*1H/q+1;;;. The van der Waals surface area contributed by atoms with Gasteiger partial charge in [0.1, 0.15) is 0 Å². The molecule has 0 aromatic carbocycles. The SMILES string of the molecule is Br.C[N+](C)(C)C.I.I. The van der Waals surface area contributed by atoms with Gasteiger partial charge in [-0.2, -0.15) is 0 Å². The Labute approximate surface area is 96.6 Å². The maximum atomic E-state index is 2.12. The molecule has 8 heavy (non-hydrogen) atoms. The van der Waals surface area contributed by atoms with E-state index in [0.717, 1.165) is 4.48 Å². The molecule has 0 saturated heterocycles. The van der Waals surface area contributed by atoms with E-state index in [-0.39, 0.29) is 64.9 Å². The third-order valence-corrected chi connectivity index (χ3v) is 0. The summed E-state index contributed by atoms with van der Waals surface area (Å²) >= 11 is 0. The summed E-state index contributed by atoms with van der Waals surface area (Å²) in [6, 6.07) is 0. The fourth-order valence-electron chi connectivity index (χ4n) is 0. The van der Waals surface area contributed by atoms with E-state index in [1.807, 2.05) is 0 Å². The van der Waals surface area contributed by atoms with Crippen LogP contribution in [-0.4, -0.2) is 32.7 Å². The van der Waals surface area contributed by atoms with Crippen LogP contribution in [0, 0.1) is 0 Å². The predicted octanol–water partition coefficient (Wildman–Crippen LogP) is 2.14. The van der Waals surface area contributed by atoms with Crippen LogP contribution < -0.4 is 0 Å². The third kappa shape index (κ3) is 104. The summed E-state index contributed by atoms with van der Waals surface area (Å²) in [7, 11) is 8.50. The summed E-state index contributed by atoms with van der Waals surface area (Å²) in [5.74, 6) is 0. The maximum absolute atomic E-state index is 2.12. The normalized spacial score (nSPS) is 7.50. The van der Waals surface area contributed by atoms with E-state index in [9.17, 15) is 0 Å². The van der Waals surface area contributed by atoms with Gasteiger partial charge in [-0.15, -0.1) is 64.9 Å². The minimum Gasteiger partial charge on any atom is -0.333 e. The highest BCUT2D eigenvalue weighted by Gasteiger charge is 1.88. The molecule has 0 aliphatic carbocycles. The van der Waals surface area contributed by atoms with Crippen LogP contribution in [0.2, 0.25) is 0 Å². The second-order valence-electron chi connectivity index (χ2n) is 2.68. The quantitative estimate of drug-likeness (QED) is 0.424. The van der Waals surface area contributed by atoms with Gasteiger partial charge in [-0.05, 0) is 0 Å². The van der Waals surface area contributed by atoms with Crippen molar-refractivity contribution in [3.63, 3.8) is 0 Å². The first kappa shape index (κ1) is 22.5. The van der Waals surface area contributed by atoms with Gasteiger partial charge in [-0.1, -0.05) is 0 Å². The van der Waals surface area contributed by atoms with Gasteiger partial charge in [-0.25, -0.2) is 0 Å². The van der Waals surface area contributed by atoms with Crippen molar-refractivity contribution in [2.24, 2.45) is 0 Å². The molecule has 0 atom stereocenters. The van der Waals surface area contributed by atoms with Crippen molar-refractivity contribution >= 4 is 64.9 Å². The summed E-state index contributed by atoms with van der Waals surface area (Å²) in [6.45, 7) is 0. The van der Waals surface area contributed by atoms with E-state index in [1.165, 1.54) is 0 Å². The van der Waals surface area contributed by atoms with Gasteiger partial charge in [0.25, 0.3) is 0 Å². The highest BCUT2D eigenvalue weighted by atomic mass is 127. The Bertz CT molecular complexity index is 29.5. The molecule has 0 aromatic heterocycles. The van der Waals surface area contributed by atoms with E-state index in [2.05, 4.69) is 28.2 Å². The lowest BCUT2D eigenvalue weighted by Crippen LogP contribution is -2.27. The minimum absolute atomic E-state index is 0. The van der Waals surface area contributed by atoms with Crippen LogP contribution in [0.4, 0.5) is 0 Å². The Morgan fingerprint density at radius 1 is 0.750 bits per heavy atom. The Morgan fingerprint density at radius 3 is 0.750 bits per heavy atom. The fourth-order valence-corrected chi connectivity index (χ4v) is 0. The van der Waals surface area contributed by atoms with Crippen molar-refractivity contribution in [1.29, 1.82) is 0 Å². The van der Waals surface area contributed by atoms with E-state index >= 15 is 0 Å². The van der Waals surface area contributed by atoms with Gasteiger partial charge in [0.15, 0.2) is 0 Å². The number of hydrogen-bond donors (Lipinski definition) is 0. The van der Waals surface area contributed by atoms with E-state index in [0.29, 0.717) is 0 Å². The lowest BCUT2D eigenvalue weighted by molar-refractivity contribution is -0.849. The highest BCUT2D eigenvalue weighted by molar-refractivity contribution is 14.0. The molecule has 0 aromatic rings. The van der Waals surface area contributed by atoms with Crippen molar-refractivity contribution in [1.82, 2.24) is 0 Å². The first-order valence-electron chi connectivity index (χ1n) is 1.79. The molecule has 56 valence electrons. The van der Waals surface area contributed by atoms with Crippen molar-refractivity contribution < 1.29 is 4.48 Å². The summed E-state index contributed by atoms with van der Waals surface area (Å²) in [4.78, 5) is 0. The third-order valence-electron chi connectivity index (χ3n) is 0. The maximum Gasteiger partial charge on any atom is 0.0675 e. The van der Waals surface area contributed by atoms with Crippen LogP contribution in [-0.2, 0) is 0 Å². The van der Waals surface area contributed by atoms with Gasteiger partial charge in [-0.3, -0.25) is 0 Å². The van der Waals surface area contributed by atoms with Crippen LogP contribution in [0.5, 0.6) is 0 Å². The fraction of sp³-hybridized carbons (Fsp3) is 1.00. The van der Waals surface area contributed by atoms with Crippen molar-refractivity contribution in [3.05, 3.63) is 0 Å². The van der Waals surface area contributed by atoms with Crippen LogP contribution in [0.1, 0.15) is 0 Å². The first-order chi connectivity index (χ1) is 2.00. The van der Waals surface area contributed by atoms with Crippen molar-refractivity contribution in [2.75, 3.05) is 28.2 Å². The van der Waals surface area contributed by atoms with Gasteiger partial charge in [0.05, 0.1) is 28.2 Å². The molecule has 0 spiro atoms. The summed E-state index contributed by atoms with van der Waals surface area (Å²) < 4.78 is 1.00. The molecule has 0 amide bonds. The largest absolute Gasteiger partial charge is 0.333 e. The molecule has 0 heterocycles. The zero-order chi connectivity index (χ0) is 4.50. The van der Waals surface area contributed by atoms with E-state index in [1.54, 1.807) is 0 Å². The summed E-state index contributed by atoms with van der Waals surface area (Å²) in [5, 5.41) is 0. The Hall–Kier alpha value is 1.90. The zero-order valence-corrected chi connectivity index (χ0v) is 12.0. The number of hydrogen-bond acceptors (Lipinski definition) is 0. The predicted molar refractivity (Wildman–Crippen MR) is 65.1 cm³/mol. The average molecular weight is 411 g/mol. The first-order valence-corrected chi connectivity index (χ1v) is 1.79. The highest BCUT2D eigenvalue weighted by Crippen LogP contribution is 1.73. The molecular weight excluding hydrogens is 396 g/mol. The van der Waals surface area contributed by atoms with Crippen LogP contribution in [0.25, 0.3) is 0 Å². The lowest BCUT2D eigenvalue weighted by Gasteiger charge is -2.14. The lowest BCUT2D eigenvalue weighted by atomic mass is 10.8. The molecule has 0 saturated carbocycles. The van der Waals surface area contributed by atoms with Crippen LogP contribution in [0.15, 0.2) is 0 Å². The van der Waals surface area contributed by atoms with Crippen molar-refractivity contribution in [2.45, 2.75) is 0 Å².